The van der Waals surface area contributed by atoms with Gasteiger partial charge in [0.25, 0.3) is 0 Å². The molecule has 1 unspecified atom stereocenters. The summed E-state index contributed by atoms with van der Waals surface area (Å²) in [6.45, 7) is 11.9. The van der Waals surface area contributed by atoms with Crippen LogP contribution in [0.5, 0.6) is 5.75 Å². The molecule has 0 fully saturated rings. The predicted molar refractivity (Wildman–Crippen MR) is 145 cm³/mol. The number of rotatable bonds is 5. The lowest BCUT2D eigenvalue weighted by Crippen LogP contribution is -2.31. The van der Waals surface area contributed by atoms with Crippen molar-refractivity contribution >= 4 is 22.4 Å². The van der Waals surface area contributed by atoms with E-state index in [4.69, 9.17) is 14.2 Å². The van der Waals surface area contributed by atoms with Crippen LogP contribution in [0.4, 0.5) is 5.69 Å². The number of hydrogen-bond donors (Lipinski definition) is 0. The molecule has 2 heterocycles. The third-order valence-corrected chi connectivity index (χ3v) is 7.30. The number of carbonyl (C=O) groups excluding carboxylic acids is 1. The molecule has 0 bridgehead atoms. The van der Waals surface area contributed by atoms with E-state index < -0.39 is 11.7 Å². The van der Waals surface area contributed by atoms with E-state index in [1.54, 1.807) is 0 Å². The molecule has 0 saturated heterocycles. The van der Waals surface area contributed by atoms with Crippen molar-refractivity contribution in [3.63, 3.8) is 0 Å². The van der Waals surface area contributed by atoms with Crippen LogP contribution in [0.15, 0.2) is 42.5 Å². The number of anilines is 1. The number of aryl methyl sites for hydroxylation is 1. The van der Waals surface area contributed by atoms with Crippen LogP contribution in [0.25, 0.3) is 21.9 Å². The first-order valence-electron chi connectivity index (χ1n) is 13.1. The van der Waals surface area contributed by atoms with Crippen molar-refractivity contribution in [1.29, 1.82) is 0 Å². The Morgan fingerprint density at radius 2 is 1.94 bits per heavy atom. The molecular formula is C31H37NO4. The van der Waals surface area contributed by atoms with Crippen molar-refractivity contribution < 1.29 is 19.0 Å². The number of esters is 1. The van der Waals surface area contributed by atoms with Gasteiger partial charge in [-0.2, -0.15) is 0 Å². The molecule has 0 aromatic heterocycles. The molecule has 3 aromatic rings. The smallest absolute Gasteiger partial charge is 0.339 e. The Morgan fingerprint density at radius 1 is 1.17 bits per heavy atom. The van der Waals surface area contributed by atoms with Crippen molar-refractivity contribution in [2.24, 2.45) is 0 Å². The Labute approximate surface area is 214 Å². The van der Waals surface area contributed by atoms with E-state index in [9.17, 15) is 4.79 Å². The summed E-state index contributed by atoms with van der Waals surface area (Å²) in [5.41, 5.74) is 6.03. The van der Waals surface area contributed by atoms with Gasteiger partial charge in [-0.15, -0.1) is 0 Å². The van der Waals surface area contributed by atoms with Crippen LogP contribution in [-0.4, -0.2) is 38.4 Å². The second-order valence-electron chi connectivity index (χ2n) is 11.0. The van der Waals surface area contributed by atoms with E-state index >= 15 is 0 Å². The molecule has 5 nitrogen and oxygen atoms in total. The Balaban J connectivity index is 1.85. The van der Waals surface area contributed by atoms with Gasteiger partial charge < -0.3 is 19.1 Å². The van der Waals surface area contributed by atoms with E-state index in [2.05, 4.69) is 61.3 Å². The van der Waals surface area contributed by atoms with Gasteiger partial charge in [0.05, 0.1) is 24.5 Å². The minimum absolute atomic E-state index is 0.302. The second-order valence-corrected chi connectivity index (χ2v) is 11.0. The normalized spacial score (nSPS) is 17.9. The SMILES string of the molecule is CCOC(=O)[C@@H](OC(C)(C)C)c1c(C)cc2ccccc2c1-c1ccc2c3c1N(C)CCC3CCO2. The first-order valence-corrected chi connectivity index (χ1v) is 13.1. The van der Waals surface area contributed by atoms with Gasteiger partial charge in [0.2, 0.25) is 0 Å². The highest BCUT2D eigenvalue weighted by Gasteiger charge is 2.36. The molecule has 2 aliphatic heterocycles. The van der Waals surface area contributed by atoms with Crippen molar-refractivity contribution in [3.8, 4) is 16.9 Å². The Morgan fingerprint density at radius 3 is 2.69 bits per heavy atom. The van der Waals surface area contributed by atoms with Gasteiger partial charge in [0.1, 0.15) is 5.75 Å². The molecule has 2 aliphatic rings. The van der Waals surface area contributed by atoms with Gasteiger partial charge in [-0.1, -0.05) is 30.3 Å². The number of fused-ring (bicyclic) bond motifs is 1. The molecule has 3 aromatic carbocycles. The molecule has 0 N–H and O–H groups in total. The minimum atomic E-state index is -0.839. The summed E-state index contributed by atoms with van der Waals surface area (Å²) in [6, 6.07) is 14.9. The third-order valence-electron chi connectivity index (χ3n) is 7.30. The summed E-state index contributed by atoms with van der Waals surface area (Å²) in [6.07, 6.45) is 1.33. The number of ether oxygens (including phenoxy) is 3. The molecule has 0 saturated carbocycles. The maximum absolute atomic E-state index is 13.4. The minimum Gasteiger partial charge on any atom is -0.493 e. The summed E-state index contributed by atoms with van der Waals surface area (Å²) >= 11 is 0. The summed E-state index contributed by atoms with van der Waals surface area (Å²) in [5, 5.41) is 2.25. The van der Waals surface area contributed by atoms with Gasteiger partial charge in [-0.05, 0) is 87.4 Å². The number of hydrogen-bond acceptors (Lipinski definition) is 5. The Hall–Kier alpha value is -3.05. The molecule has 5 heteroatoms. The van der Waals surface area contributed by atoms with Crippen LogP contribution < -0.4 is 9.64 Å². The maximum Gasteiger partial charge on any atom is 0.339 e. The van der Waals surface area contributed by atoms with Gasteiger partial charge in [0.15, 0.2) is 6.10 Å². The van der Waals surface area contributed by atoms with Crippen LogP contribution in [0, 0.1) is 6.92 Å². The first kappa shape index (κ1) is 24.6. The van der Waals surface area contributed by atoms with E-state index in [1.165, 1.54) is 11.3 Å². The first-order chi connectivity index (χ1) is 17.2. The van der Waals surface area contributed by atoms with Crippen LogP contribution in [0.1, 0.15) is 69.2 Å². The Bertz CT molecular complexity index is 1310. The fourth-order valence-electron chi connectivity index (χ4n) is 5.86. The van der Waals surface area contributed by atoms with Crippen LogP contribution >= 0.6 is 0 Å². The highest BCUT2D eigenvalue weighted by molar-refractivity contribution is 6.04. The molecule has 5 rings (SSSR count). The molecule has 0 spiro atoms. The number of nitrogens with zero attached hydrogens (tertiary/aromatic N) is 1. The van der Waals surface area contributed by atoms with Gasteiger partial charge in [0, 0.05) is 30.3 Å². The zero-order valence-corrected chi connectivity index (χ0v) is 22.3. The summed E-state index contributed by atoms with van der Waals surface area (Å²) in [7, 11) is 2.16. The third kappa shape index (κ3) is 4.34. The summed E-state index contributed by atoms with van der Waals surface area (Å²) in [5.74, 6) is 1.13. The van der Waals surface area contributed by atoms with Crippen molar-refractivity contribution in [1.82, 2.24) is 0 Å². The predicted octanol–water partition coefficient (Wildman–Crippen LogP) is 6.94. The largest absolute Gasteiger partial charge is 0.493 e. The van der Waals surface area contributed by atoms with Gasteiger partial charge in [-0.3, -0.25) is 0 Å². The number of carbonyl (C=O) groups is 1. The molecule has 0 radical (unpaired) electrons. The fraction of sp³-hybridized carbons (Fsp3) is 0.452. The fourth-order valence-corrected chi connectivity index (χ4v) is 5.86. The molecule has 190 valence electrons. The topological polar surface area (TPSA) is 48.0 Å². The average Bonchev–Trinajstić information content (AvgIpc) is 2.84. The standard InChI is InChI=1S/C31H37NO4/c1-7-34-30(33)29(36-31(3,4)5)25-19(2)18-21-10-8-9-11-22(21)27(25)23-12-13-24-26-20(15-17-35-24)14-16-32(6)28(23)26/h8-13,18,20,29H,7,14-17H2,1-6H3/t20?,29-/m0/s1. The molecule has 0 aliphatic carbocycles. The van der Waals surface area contributed by atoms with Crippen molar-refractivity contribution in [3.05, 3.63) is 59.2 Å². The van der Waals surface area contributed by atoms with Crippen LogP contribution in [-0.2, 0) is 14.3 Å². The van der Waals surface area contributed by atoms with Crippen LogP contribution in [0.2, 0.25) is 0 Å². The average molecular weight is 488 g/mol. The number of benzene rings is 3. The van der Waals surface area contributed by atoms with E-state index in [-0.39, 0.29) is 5.97 Å². The highest BCUT2D eigenvalue weighted by atomic mass is 16.6. The lowest BCUT2D eigenvalue weighted by Gasteiger charge is -2.39. The monoisotopic (exact) mass is 487 g/mol. The summed E-state index contributed by atoms with van der Waals surface area (Å²) in [4.78, 5) is 15.8. The second kappa shape index (κ2) is 9.44. The maximum atomic E-state index is 13.4. The van der Waals surface area contributed by atoms with Gasteiger partial charge >= 0.3 is 5.97 Å². The Kier molecular flexibility index (Phi) is 6.46. The molecular weight excluding hydrogens is 450 g/mol. The van der Waals surface area contributed by atoms with Crippen LogP contribution in [0.3, 0.4) is 0 Å². The van der Waals surface area contributed by atoms with Gasteiger partial charge in [-0.25, -0.2) is 4.79 Å². The zero-order chi connectivity index (χ0) is 25.6. The quantitative estimate of drug-likeness (QED) is 0.365. The highest BCUT2D eigenvalue weighted by Crippen LogP contribution is 2.52. The lowest BCUT2D eigenvalue weighted by molar-refractivity contribution is -0.166. The molecule has 36 heavy (non-hydrogen) atoms. The zero-order valence-electron chi connectivity index (χ0n) is 22.3. The van der Waals surface area contributed by atoms with Crippen molar-refractivity contribution in [2.45, 2.75) is 65.1 Å². The molecule has 2 atom stereocenters. The summed E-state index contributed by atoms with van der Waals surface area (Å²) < 4.78 is 18.1. The lowest BCUT2D eigenvalue weighted by atomic mass is 9.80. The van der Waals surface area contributed by atoms with Crippen molar-refractivity contribution in [2.75, 3.05) is 31.7 Å². The molecule has 0 amide bonds. The van der Waals surface area contributed by atoms with E-state index in [1.807, 2.05) is 27.7 Å². The van der Waals surface area contributed by atoms with E-state index in [0.717, 1.165) is 64.8 Å². The van der Waals surface area contributed by atoms with E-state index in [0.29, 0.717) is 12.5 Å².